The second kappa shape index (κ2) is 10.6. The standard InChI is InChI=1S/C30H32FN9O2/c1-6-24(41)38-14-19(5)39(15-18(38)4)28-21-13-22(31)26-23-16-37(36-35-23)12-8-7-9-20-10-11-32-25(17(2)3)27(20)40(29(21)33-26)30(42)34-28/h6-8,10-11,13,16-19H,1,9,12,14-15H2,2-5H3. The summed E-state index contributed by atoms with van der Waals surface area (Å²) in [6.07, 6.45) is 9.16. The molecule has 0 aromatic carbocycles. The maximum absolute atomic E-state index is 15.9. The molecule has 2 unspecified atom stereocenters. The smallest absolute Gasteiger partial charge is 0.349 e. The lowest BCUT2D eigenvalue weighted by Gasteiger charge is -2.44. The Labute approximate surface area is 242 Å². The van der Waals surface area contributed by atoms with Gasteiger partial charge in [0.05, 0.1) is 29.5 Å². The molecule has 0 spiro atoms. The monoisotopic (exact) mass is 569 g/mol. The predicted octanol–water partition coefficient (Wildman–Crippen LogP) is 3.42. The number of anilines is 1. The fraction of sp³-hybridized carbons (Fsp3) is 0.367. The number of hydrogen-bond donors (Lipinski definition) is 0. The number of rotatable bonds is 3. The van der Waals surface area contributed by atoms with Crippen molar-refractivity contribution in [3.63, 3.8) is 0 Å². The van der Waals surface area contributed by atoms with Gasteiger partial charge in [0, 0.05) is 31.4 Å². The average Bonchev–Trinajstić information content (AvgIpc) is 3.44. The Hall–Kier alpha value is -4.74. The molecule has 4 aromatic heterocycles. The largest absolute Gasteiger partial charge is 0.355 e. The lowest BCUT2D eigenvalue weighted by atomic mass is 10.0. The molecule has 2 aliphatic heterocycles. The molecule has 2 atom stereocenters. The number of carbonyl (C=O) groups is 1. The number of nitrogens with zero attached hydrogens (tertiary/aromatic N) is 9. The maximum Gasteiger partial charge on any atom is 0.355 e. The van der Waals surface area contributed by atoms with Gasteiger partial charge in [-0.25, -0.2) is 23.4 Å². The van der Waals surface area contributed by atoms with E-state index in [-0.39, 0.29) is 40.9 Å². The van der Waals surface area contributed by atoms with Crippen molar-refractivity contribution in [2.45, 2.75) is 58.7 Å². The number of piperazine rings is 1. The van der Waals surface area contributed by atoms with Gasteiger partial charge in [-0.05, 0) is 50.0 Å². The van der Waals surface area contributed by atoms with Gasteiger partial charge in [0.15, 0.2) is 11.5 Å². The van der Waals surface area contributed by atoms with E-state index in [2.05, 4.69) is 26.9 Å². The van der Waals surface area contributed by atoms with Gasteiger partial charge in [-0.3, -0.25) is 9.78 Å². The van der Waals surface area contributed by atoms with E-state index in [1.165, 1.54) is 16.7 Å². The number of hydrogen-bond acceptors (Lipinski definition) is 8. The highest BCUT2D eigenvalue weighted by Gasteiger charge is 2.34. The maximum atomic E-state index is 15.9. The van der Waals surface area contributed by atoms with Gasteiger partial charge in [0.1, 0.15) is 17.2 Å². The van der Waals surface area contributed by atoms with Crippen LogP contribution in [0.15, 0.2) is 54.1 Å². The van der Waals surface area contributed by atoms with E-state index >= 15 is 4.39 Å². The fourth-order valence-corrected chi connectivity index (χ4v) is 5.80. The van der Waals surface area contributed by atoms with Crippen LogP contribution in [-0.2, 0) is 17.8 Å². The van der Waals surface area contributed by atoms with Crippen LogP contribution in [0.2, 0.25) is 0 Å². The molecule has 12 heteroatoms. The van der Waals surface area contributed by atoms with Gasteiger partial charge in [0.25, 0.3) is 0 Å². The Morgan fingerprint density at radius 2 is 1.98 bits per heavy atom. The van der Waals surface area contributed by atoms with Crippen molar-refractivity contribution < 1.29 is 9.18 Å². The third kappa shape index (κ3) is 4.56. The highest BCUT2D eigenvalue weighted by atomic mass is 19.1. The Kier molecular flexibility index (Phi) is 6.91. The Morgan fingerprint density at radius 3 is 2.74 bits per heavy atom. The third-order valence-electron chi connectivity index (χ3n) is 7.90. The Balaban J connectivity index is 1.66. The molecule has 0 radical (unpaired) electrons. The van der Waals surface area contributed by atoms with Crippen molar-refractivity contribution in [3.05, 3.63) is 76.9 Å². The van der Waals surface area contributed by atoms with Crippen LogP contribution in [0.1, 0.15) is 44.9 Å². The highest BCUT2D eigenvalue weighted by molar-refractivity contribution is 5.91. The number of aromatic nitrogens is 7. The van der Waals surface area contributed by atoms with Gasteiger partial charge >= 0.3 is 5.69 Å². The summed E-state index contributed by atoms with van der Waals surface area (Å²) in [5, 5.41) is 8.67. The van der Waals surface area contributed by atoms with E-state index in [0.29, 0.717) is 48.6 Å². The lowest BCUT2D eigenvalue weighted by molar-refractivity contribution is -0.128. The summed E-state index contributed by atoms with van der Waals surface area (Å²) in [4.78, 5) is 44.3. The van der Waals surface area contributed by atoms with Gasteiger partial charge in [-0.15, -0.1) is 5.10 Å². The van der Waals surface area contributed by atoms with E-state index in [1.54, 1.807) is 22.0 Å². The summed E-state index contributed by atoms with van der Waals surface area (Å²) in [5.74, 6) is -0.468. The third-order valence-corrected chi connectivity index (χ3v) is 7.90. The highest BCUT2D eigenvalue weighted by Crippen LogP contribution is 2.34. The van der Waals surface area contributed by atoms with Gasteiger partial charge < -0.3 is 9.80 Å². The summed E-state index contributed by atoms with van der Waals surface area (Å²) in [5.41, 5.74) is 2.12. The van der Waals surface area contributed by atoms with Crippen molar-refractivity contribution in [1.29, 1.82) is 0 Å². The van der Waals surface area contributed by atoms with Crippen LogP contribution in [0.25, 0.3) is 28.1 Å². The molecule has 6 rings (SSSR count). The van der Waals surface area contributed by atoms with Crippen LogP contribution >= 0.6 is 0 Å². The Morgan fingerprint density at radius 1 is 1.17 bits per heavy atom. The molecule has 216 valence electrons. The molecule has 1 fully saturated rings. The van der Waals surface area contributed by atoms with E-state index in [9.17, 15) is 9.59 Å². The molecule has 1 saturated heterocycles. The SMILES string of the molecule is C=CC(=O)N1CC(C)N(c2nc(=O)n3c4nc(c(F)cc24)-c2cn(nn2)CC=CCc2ccnc(C(C)C)c2-3)CC1C. The fourth-order valence-electron chi connectivity index (χ4n) is 5.80. The molecule has 0 N–H and O–H groups in total. The molecule has 42 heavy (non-hydrogen) atoms. The zero-order valence-electron chi connectivity index (χ0n) is 24.0. The molecular formula is C30H32FN9O2. The van der Waals surface area contributed by atoms with E-state index < -0.39 is 11.5 Å². The molecule has 0 aliphatic carbocycles. The second-order valence-corrected chi connectivity index (χ2v) is 11.1. The van der Waals surface area contributed by atoms with Gasteiger partial charge in [-0.2, -0.15) is 4.98 Å². The minimum atomic E-state index is -0.607. The van der Waals surface area contributed by atoms with Crippen LogP contribution in [0.4, 0.5) is 10.2 Å². The van der Waals surface area contributed by atoms with Crippen LogP contribution in [-0.4, -0.2) is 70.5 Å². The number of amides is 1. The first-order valence-corrected chi connectivity index (χ1v) is 14.0. The first-order chi connectivity index (χ1) is 20.2. The number of pyridine rings is 2. The zero-order chi connectivity index (χ0) is 29.7. The minimum Gasteiger partial charge on any atom is -0.349 e. The number of allylic oxidation sites excluding steroid dienone is 2. The Bertz CT molecular complexity index is 1810. The van der Waals surface area contributed by atoms with Gasteiger partial charge in [0.2, 0.25) is 5.91 Å². The second-order valence-electron chi connectivity index (χ2n) is 11.1. The summed E-state index contributed by atoms with van der Waals surface area (Å²) in [7, 11) is 0. The molecule has 4 aromatic rings. The summed E-state index contributed by atoms with van der Waals surface area (Å²) in [6, 6.07) is 2.85. The van der Waals surface area contributed by atoms with E-state index in [4.69, 9.17) is 4.98 Å². The normalized spacial score (nSPS) is 18.5. The first-order valence-electron chi connectivity index (χ1n) is 14.0. The summed E-state index contributed by atoms with van der Waals surface area (Å²) in [6.45, 7) is 12.8. The van der Waals surface area contributed by atoms with Crippen molar-refractivity contribution in [3.8, 4) is 17.1 Å². The van der Waals surface area contributed by atoms with Gasteiger partial charge in [-0.1, -0.05) is 37.8 Å². The lowest BCUT2D eigenvalue weighted by Crippen LogP contribution is -2.58. The topological polar surface area (TPSA) is 115 Å². The molecule has 4 bridgehead atoms. The van der Waals surface area contributed by atoms with Crippen molar-refractivity contribution in [1.82, 2.24) is 39.4 Å². The van der Waals surface area contributed by atoms with Crippen LogP contribution < -0.4 is 10.6 Å². The summed E-state index contributed by atoms with van der Waals surface area (Å²) >= 11 is 0. The predicted molar refractivity (Wildman–Crippen MR) is 157 cm³/mol. The average molecular weight is 570 g/mol. The summed E-state index contributed by atoms with van der Waals surface area (Å²) < 4.78 is 19.0. The first kappa shape index (κ1) is 27.4. The molecule has 0 saturated carbocycles. The van der Waals surface area contributed by atoms with Crippen molar-refractivity contribution in [2.24, 2.45) is 0 Å². The minimum absolute atomic E-state index is 0.0124. The molecule has 6 heterocycles. The number of carbonyl (C=O) groups excluding carboxylic acids is 1. The van der Waals surface area contributed by atoms with Crippen molar-refractivity contribution >= 4 is 22.8 Å². The number of fused-ring (bicyclic) bond motifs is 6. The van der Waals surface area contributed by atoms with E-state index in [1.807, 2.05) is 50.8 Å². The molecule has 2 aliphatic rings. The van der Waals surface area contributed by atoms with Crippen molar-refractivity contribution in [2.75, 3.05) is 18.0 Å². The van der Waals surface area contributed by atoms with E-state index in [0.717, 1.165) is 5.56 Å². The molecule has 11 nitrogen and oxygen atoms in total. The zero-order valence-corrected chi connectivity index (χ0v) is 24.0. The number of halogens is 1. The quantitative estimate of drug-likeness (QED) is 0.272. The van der Waals surface area contributed by atoms with Crippen LogP contribution in [0, 0.1) is 5.82 Å². The molecule has 1 amide bonds. The van der Waals surface area contributed by atoms with Crippen LogP contribution in [0.3, 0.4) is 0 Å². The van der Waals surface area contributed by atoms with Crippen LogP contribution in [0.5, 0.6) is 0 Å². The molecular weight excluding hydrogens is 537 g/mol.